The Bertz CT molecular complexity index is 345. The third-order valence-corrected chi connectivity index (χ3v) is 4.77. The number of aliphatic hydroxyl groups is 1. The highest BCUT2D eigenvalue weighted by Gasteiger charge is 2.18. The zero-order chi connectivity index (χ0) is 20.9. The fraction of sp³-hybridized carbons (Fsp3) is 1.00. The lowest BCUT2D eigenvalue weighted by molar-refractivity contribution is -0.0166. The first kappa shape index (κ1) is 26.8. The lowest BCUT2D eigenvalue weighted by Gasteiger charge is -2.26. The fourth-order valence-electron chi connectivity index (χ4n) is 3.15. The van der Waals surface area contributed by atoms with Gasteiger partial charge < -0.3 is 19.9 Å². The summed E-state index contributed by atoms with van der Waals surface area (Å²) < 4.78 is 11.9. The van der Waals surface area contributed by atoms with E-state index in [1.165, 1.54) is 19.3 Å². The molecule has 0 rings (SSSR count). The summed E-state index contributed by atoms with van der Waals surface area (Å²) in [6, 6.07) is 0. The van der Waals surface area contributed by atoms with Crippen LogP contribution in [-0.4, -0.2) is 48.7 Å². The Kier molecular flexibility index (Phi) is 13.8. The average molecular weight is 388 g/mol. The van der Waals surface area contributed by atoms with E-state index in [1.54, 1.807) is 0 Å². The van der Waals surface area contributed by atoms with Gasteiger partial charge in [0.2, 0.25) is 0 Å². The Balaban J connectivity index is 4.41. The minimum atomic E-state index is -0.220. The van der Waals surface area contributed by atoms with Crippen LogP contribution >= 0.6 is 0 Å². The van der Waals surface area contributed by atoms with Gasteiger partial charge in [-0.05, 0) is 105 Å². The van der Waals surface area contributed by atoms with E-state index < -0.39 is 0 Å². The summed E-state index contributed by atoms with van der Waals surface area (Å²) in [6.07, 6.45) is 6.47. The second-order valence-corrected chi connectivity index (χ2v) is 10.1. The van der Waals surface area contributed by atoms with E-state index in [1.807, 2.05) is 6.92 Å². The van der Waals surface area contributed by atoms with Crippen molar-refractivity contribution in [2.24, 2.45) is 11.8 Å². The molecule has 0 heterocycles. The Morgan fingerprint density at radius 2 is 1.44 bits per heavy atom. The molecule has 27 heavy (non-hydrogen) atoms. The van der Waals surface area contributed by atoms with Crippen molar-refractivity contribution in [3.63, 3.8) is 0 Å². The van der Waals surface area contributed by atoms with Crippen molar-refractivity contribution in [1.29, 1.82) is 0 Å². The zero-order valence-corrected chi connectivity index (χ0v) is 19.6. The first-order valence-corrected chi connectivity index (χ1v) is 11.1. The lowest BCUT2D eigenvalue weighted by atomic mass is 9.87. The highest BCUT2D eigenvalue weighted by atomic mass is 16.5. The number of aliphatic hydroxyl groups excluding tert-OH is 1. The van der Waals surface area contributed by atoms with Gasteiger partial charge in [-0.1, -0.05) is 13.3 Å². The van der Waals surface area contributed by atoms with Crippen molar-refractivity contribution in [2.45, 2.75) is 111 Å². The number of hydrogen-bond acceptors (Lipinski definition) is 4. The number of ether oxygens (including phenoxy) is 2. The molecule has 0 spiro atoms. The van der Waals surface area contributed by atoms with Crippen molar-refractivity contribution in [1.82, 2.24) is 5.32 Å². The second kappa shape index (κ2) is 13.9. The van der Waals surface area contributed by atoms with E-state index in [4.69, 9.17) is 9.47 Å². The minimum Gasteiger partial charge on any atom is -0.393 e. The van der Waals surface area contributed by atoms with Gasteiger partial charge in [0.05, 0.1) is 17.3 Å². The first-order chi connectivity index (χ1) is 12.4. The zero-order valence-electron chi connectivity index (χ0n) is 19.6. The summed E-state index contributed by atoms with van der Waals surface area (Å²) in [5.74, 6) is 1.36. The maximum Gasteiger partial charge on any atom is 0.0598 e. The fourth-order valence-corrected chi connectivity index (χ4v) is 3.15. The predicted octanol–water partition coefficient (Wildman–Crippen LogP) is 5.18. The largest absolute Gasteiger partial charge is 0.393 e. The first-order valence-electron chi connectivity index (χ1n) is 11.1. The number of hydrogen-bond donors (Lipinski definition) is 2. The topological polar surface area (TPSA) is 50.7 Å². The van der Waals surface area contributed by atoms with E-state index >= 15 is 0 Å². The van der Waals surface area contributed by atoms with E-state index in [0.29, 0.717) is 11.8 Å². The lowest BCUT2D eigenvalue weighted by Crippen LogP contribution is -2.27. The molecule has 164 valence electrons. The van der Waals surface area contributed by atoms with Crippen molar-refractivity contribution >= 4 is 0 Å². The molecule has 2 N–H and O–H groups in total. The van der Waals surface area contributed by atoms with Gasteiger partial charge in [-0.15, -0.1) is 0 Å². The maximum absolute atomic E-state index is 9.39. The van der Waals surface area contributed by atoms with Crippen LogP contribution in [-0.2, 0) is 9.47 Å². The van der Waals surface area contributed by atoms with Crippen LogP contribution in [0.25, 0.3) is 0 Å². The molecule has 0 aliphatic carbocycles. The van der Waals surface area contributed by atoms with Gasteiger partial charge in [0.25, 0.3) is 0 Å². The van der Waals surface area contributed by atoms with Crippen LogP contribution in [0.5, 0.6) is 0 Å². The third-order valence-electron chi connectivity index (χ3n) is 4.77. The molecule has 0 radical (unpaired) electrons. The Hall–Kier alpha value is -0.160. The van der Waals surface area contributed by atoms with E-state index in [9.17, 15) is 5.11 Å². The molecule has 0 saturated carbocycles. The van der Waals surface area contributed by atoms with E-state index in [0.717, 1.165) is 45.6 Å². The highest BCUT2D eigenvalue weighted by molar-refractivity contribution is 4.70. The van der Waals surface area contributed by atoms with Crippen LogP contribution in [0.4, 0.5) is 0 Å². The van der Waals surface area contributed by atoms with E-state index in [-0.39, 0.29) is 17.3 Å². The quantitative estimate of drug-likeness (QED) is 0.380. The molecule has 3 unspecified atom stereocenters. The second-order valence-electron chi connectivity index (χ2n) is 10.1. The molecule has 0 fully saturated rings. The number of rotatable bonds is 15. The van der Waals surface area contributed by atoms with Crippen LogP contribution < -0.4 is 5.32 Å². The normalized spacial score (nSPS) is 16.3. The monoisotopic (exact) mass is 387 g/mol. The maximum atomic E-state index is 9.39. The van der Waals surface area contributed by atoms with Gasteiger partial charge in [-0.2, -0.15) is 0 Å². The van der Waals surface area contributed by atoms with Crippen molar-refractivity contribution in [3.05, 3.63) is 0 Å². The summed E-state index contributed by atoms with van der Waals surface area (Å²) in [7, 11) is 0. The molecule has 0 bridgehead atoms. The standard InChI is InChI=1S/C23H49NO3/c1-9-20(18-24-14-12-19(2)25)17-21(13-16-27-23(6,7)8)11-10-15-26-22(3,4)5/h19-21,24-25H,9-18H2,1-8H3. The smallest absolute Gasteiger partial charge is 0.0598 e. The van der Waals surface area contributed by atoms with Crippen LogP contribution in [0.3, 0.4) is 0 Å². The highest BCUT2D eigenvalue weighted by Crippen LogP contribution is 2.24. The van der Waals surface area contributed by atoms with Gasteiger partial charge >= 0.3 is 0 Å². The van der Waals surface area contributed by atoms with Gasteiger partial charge in [-0.25, -0.2) is 0 Å². The SMILES string of the molecule is CCC(CNCCC(C)O)CC(CCCOC(C)(C)C)CCOC(C)(C)C. The predicted molar refractivity (Wildman–Crippen MR) is 116 cm³/mol. The Labute approximate surface area is 169 Å². The molecule has 0 aromatic heterocycles. The van der Waals surface area contributed by atoms with Gasteiger partial charge in [0.1, 0.15) is 0 Å². The molecular weight excluding hydrogens is 338 g/mol. The van der Waals surface area contributed by atoms with Crippen molar-refractivity contribution in [3.8, 4) is 0 Å². The summed E-state index contributed by atoms with van der Waals surface area (Å²) in [5.41, 5.74) is -0.114. The molecule has 0 aromatic rings. The van der Waals surface area contributed by atoms with Crippen LogP contribution in [0.15, 0.2) is 0 Å². The molecule has 4 nitrogen and oxygen atoms in total. The molecule has 3 atom stereocenters. The van der Waals surface area contributed by atoms with Crippen molar-refractivity contribution in [2.75, 3.05) is 26.3 Å². The minimum absolute atomic E-state index is 0.0510. The van der Waals surface area contributed by atoms with Crippen LogP contribution in [0.2, 0.25) is 0 Å². The third kappa shape index (κ3) is 18.9. The molecule has 4 heteroatoms. The molecule has 0 saturated heterocycles. The molecule has 0 amide bonds. The molecule has 0 aliphatic rings. The Morgan fingerprint density at radius 3 is 1.96 bits per heavy atom. The molecular formula is C23H49NO3. The van der Waals surface area contributed by atoms with Crippen molar-refractivity contribution < 1.29 is 14.6 Å². The van der Waals surface area contributed by atoms with Gasteiger partial charge in [0, 0.05) is 13.2 Å². The molecule has 0 aromatic carbocycles. The number of nitrogens with one attached hydrogen (secondary N) is 1. The summed E-state index contributed by atoms with van der Waals surface area (Å²) >= 11 is 0. The molecule has 0 aliphatic heterocycles. The Morgan fingerprint density at radius 1 is 0.852 bits per heavy atom. The van der Waals surface area contributed by atoms with Crippen LogP contribution in [0, 0.1) is 11.8 Å². The average Bonchev–Trinajstić information content (AvgIpc) is 2.51. The summed E-state index contributed by atoms with van der Waals surface area (Å²) in [4.78, 5) is 0. The van der Waals surface area contributed by atoms with Gasteiger partial charge in [0.15, 0.2) is 0 Å². The summed E-state index contributed by atoms with van der Waals surface area (Å²) in [5, 5.41) is 12.9. The summed E-state index contributed by atoms with van der Waals surface area (Å²) in [6.45, 7) is 20.5. The van der Waals surface area contributed by atoms with Crippen LogP contribution in [0.1, 0.15) is 93.9 Å². The van der Waals surface area contributed by atoms with Gasteiger partial charge in [-0.3, -0.25) is 0 Å². The van der Waals surface area contributed by atoms with E-state index in [2.05, 4.69) is 53.8 Å².